The Labute approximate surface area is 182 Å². The molecule has 2 aliphatic rings. The molecule has 2 aliphatic heterocycles. The van der Waals surface area contributed by atoms with E-state index in [1.807, 2.05) is 47.0 Å². The molecule has 31 heavy (non-hydrogen) atoms. The summed E-state index contributed by atoms with van der Waals surface area (Å²) in [5, 5.41) is 8.93. The van der Waals surface area contributed by atoms with Crippen LogP contribution in [0.1, 0.15) is 0 Å². The number of amides is 2. The monoisotopic (exact) mass is 439 g/mol. The molecule has 1 atom stereocenters. The van der Waals surface area contributed by atoms with Crippen LogP contribution in [-0.2, 0) is 9.59 Å². The van der Waals surface area contributed by atoms with Crippen molar-refractivity contribution in [2.24, 2.45) is 0 Å². The van der Waals surface area contributed by atoms with Gasteiger partial charge in [0.1, 0.15) is 6.61 Å². The number of carbonyl (C=O) groups excluding carboxylic acids is 2. The zero-order valence-electron chi connectivity index (χ0n) is 16.7. The van der Waals surface area contributed by atoms with Crippen LogP contribution in [0.25, 0.3) is 5.65 Å². The maximum atomic E-state index is 12.8. The highest BCUT2D eigenvalue weighted by Crippen LogP contribution is 2.31. The number of aromatic nitrogens is 3. The van der Waals surface area contributed by atoms with Crippen molar-refractivity contribution in [2.75, 3.05) is 38.5 Å². The Hall–Kier alpha value is -3.27. The highest BCUT2D eigenvalue weighted by atomic mass is 32.2. The molecule has 0 N–H and O–H groups in total. The first-order valence-electron chi connectivity index (χ1n) is 10.1. The highest BCUT2D eigenvalue weighted by molar-refractivity contribution is 7.99. The second-order valence-corrected chi connectivity index (χ2v) is 8.21. The predicted molar refractivity (Wildman–Crippen MR) is 113 cm³/mol. The quantitative estimate of drug-likeness (QED) is 0.567. The number of hydrogen-bond donors (Lipinski definition) is 0. The molecule has 5 rings (SSSR count). The average molecular weight is 439 g/mol. The number of para-hydroxylation sites is 2. The molecule has 1 saturated heterocycles. The number of piperazine rings is 1. The third-order valence-corrected chi connectivity index (χ3v) is 6.26. The van der Waals surface area contributed by atoms with Crippen LogP contribution < -0.4 is 9.47 Å². The first kappa shape index (κ1) is 19.7. The van der Waals surface area contributed by atoms with Gasteiger partial charge >= 0.3 is 0 Å². The minimum atomic E-state index is -0.658. The van der Waals surface area contributed by atoms with Gasteiger partial charge in [0, 0.05) is 32.4 Å². The predicted octanol–water partition coefficient (Wildman–Crippen LogP) is 1.33. The smallest absolute Gasteiger partial charge is 0.267 e. The van der Waals surface area contributed by atoms with Crippen LogP contribution in [0.15, 0.2) is 53.8 Å². The lowest BCUT2D eigenvalue weighted by Crippen LogP contribution is -2.55. The minimum Gasteiger partial charge on any atom is -0.485 e. The Bertz CT molecular complexity index is 1110. The fraction of sp³-hybridized carbons (Fsp3) is 0.333. The van der Waals surface area contributed by atoms with Gasteiger partial charge in [0.05, 0.1) is 5.75 Å². The van der Waals surface area contributed by atoms with Crippen LogP contribution in [0.2, 0.25) is 0 Å². The minimum absolute atomic E-state index is 0.0240. The molecule has 0 spiro atoms. The maximum absolute atomic E-state index is 12.8. The summed E-state index contributed by atoms with van der Waals surface area (Å²) in [5.74, 6) is 1.43. The molecule has 0 bridgehead atoms. The zero-order valence-corrected chi connectivity index (χ0v) is 17.5. The van der Waals surface area contributed by atoms with Gasteiger partial charge in [-0.05, 0) is 24.3 Å². The molecule has 9 nitrogen and oxygen atoms in total. The second-order valence-electron chi connectivity index (χ2n) is 7.27. The molecule has 3 aromatic rings. The van der Waals surface area contributed by atoms with Gasteiger partial charge in [0.2, 0.25) is 12.0 Å². The molecule has 4 heterocycles. The lowest BCUT2D eigenvalue weighted by atomic mass is 10.2. The Morgan fingerprint density at radius 3 is 2.55 bits per heavy atom. The summed E-state index contributed by atoms with van der Waals surface area (Å²) in [6.45, 7) is 2.14. The first-order valence-corrected chi connectivity index (χ1v) is 11.1. The molecule has 2 aromatic heterocycles. The lowest BCUT2D eigenvalue weighted by Gasteiger charge is -2.37. The van der Waals surface area contributed by atoms with E-state index in [9.17, 15) is 9.59 Å². The molecule has 160 valence electrons. The third kappa shape index (κ3) is 4.02. The van der Waals surface area contributed by atoms with Crippen LogP contribution in [0, 0.1) is 0 Å². The van der Waals surface area contributed by atoms with Crippen LogP contribution in [0.5, 0.6) is 11.5 Å². The number of thioether (sulfide) groups is 1. The number of ether oxygens (including phenoxy) is 2. The van der Waals surface area contributed by atoms with Crippen LogP contribution in [0.3, 0.4) is 0 Å². The molecule has 0 radical (unpaired) electrons. The van der Waals surface area contributed by atoms with E-state index in [2.05, 4.69) is 10.2 Å². The van der Waals surface area contributed by atoms with Gasteiger partial charge in [-0.25, -0.2) is 0 Å². The summed E-state index contributed by atoms with van der Waals surface area (Å²) in [6.07, 6.45) is 1.22. The standard InChI is InChI=1S/C21H21N5O4S/c27-19(14-31-21-23-22-18-7-3-4-8-26(18)21)24-9-11-25(12-10-24)20(28)17-13-29-15-5-1-2-6-16(15)30-17/h1-8,17H,9-14H2/t17-/m1/s1. The van der Waals surface area contributed by atoms with E-state index in [4.69, 9.17) is 9.47 Å². The number of pyridine rings is 1. The van der Waals surface area contributed by atoms with E-state index in [1.54, 1.807) is 15.9 Å². The highest BCUT2D eigenvalue weighted by Gasteiger charge is 2.33. The summed E-state index contributed by atoms with van der Waals surface area (Å²) in [7, 11) is 0. The van der Waals surface area contributed by atoms with Crippen LogP contribution >= 0.6 is 11.8 Å². The van der Waals surface area contributed by atoms with Crippen molar-refractivity contribution in [3.8, 4) is 11.5 Å². The molecular weight excluding hydrogens is 418 g/mol. The van der Waals surface area contributed by atoms with Crippen molar-refractivity contribution in [3.05, 3.63) is 48.7 Å². The number of hydrogen-bond acceptors (Lipinski definition) is 7. The Morgan fingerprint density at radius 1 is 0.968 bits per heavy atom. The number of fused-ring (bicyclic) bond motifs is 2. The van der Waals surface area contributed by atoms with Gasteiger partial charge in [0.15, 0.2) is 22.3 Å². The largest absolute Gasteiger partial charge is 0.485 e. The topological polar surface area (TPSA) is 89.3 Å². The third-order valence-electron chi connectivity index (χ3n) is 5.34. The summed E-state index contributed by atoms with van der Waals surface area (Å²) < 4.78 is 13.3. The number of rotatable bonds is 4. The normalized spacial score (nSPS) is 18.3. The van der Waals surface area contributed by atoms with E-state index in [-0.39, 0.29) is 24.2 Å². The SMILES string of the molecule is O=C(CSc1nnc2ccccn12)N1CCN(C(=O)[C@H]2COc3ccccc3O2)CC1. The molecule has 1 aromatic carbocycles. The van der Waals surface area contributed by atoms with Crippen molar-refractivity contribution in [3.63, 3.8) is 0 Å². The van der Waals surface area contributed by atoms with E-state index in [1.165, 1.54) is 11.8 Å². The van der Waals surface area contributed by atoms with Crippen LogP contribution in [-0.4, -0.2) is 80.9 Å². The van der Waals surface area contributed by atoms with Crippen LogP contribution in [0.4, 0.5) is 0 Å². The zero-order chi connectivity index (χ0) is 21.2. The summed E-state index contributed by atoms with van der Waals surface area (Å²) in [6, 6.07) is 13.0. The van der Waals surface area contributed by atoms with E-state index in [0.717, 1.165) is 5.65 Å². The molecule has 1 fully saturated rings. The maximum Gasteiger partial charge on any atom is 0.267 e. The molecular formula is C21H21N5O4S. The second kappa shape index (κ2) is 8.46. The van der Waals surface area contributed by atoms with Gasteiger partial charge in [-0.1, -0.05) is 30.0 Å². The molecule has 0 saturated carbocycles. The van der Waals surface area contributed by atoms with Crippen molar-refractivity contribution in [2.45, 2.75) is 11.3 Å². The molecule has 0 unspecified atom stereocenters. The lowest BCUT2D eigenvalue weighted by molar-refractivity contribution is -0.145. The van der Waals surface area contributed by atoms with E-state index >= 15 is 0 Å². The molecule has 0 aliphatic carbocycles. The Balaban J connectivity index is 1.12. The van der Waals surface area contributed by atoms with E-state index in [0.29, 0.717) is 42.8 Å². The number of carbonyl (C=O) groups is 2. The van der Waals surface area contributed by atoms with Crippen molar-refractivity contribution in [1.29, 1.82) is 0 Å². The summed E-state index contributed by atoms with van der Waals surface area (Å²) >= 11 is 1.36. The van der Waals surface area contributed by atoms with Crippen molar-refractivity contribution >= 4 is 29.2 Å². The van der Waals surface area contributed by atoms with Crippen molar-refractivity contribution in [1.82, 2.24) is 24.4 Å². The summed E-state index contributed by atoms with van der Waals surface area (Å²) in [4.78, 5) is 29.0. The fourth-order valence-electron chi connectivity index (χ4n) is 3.66. The van der Waals surface area contributed by atoms with Gasteiger partial charge in [-0.2, -0.15) is 0 Å². The Kier molecular flexibility index (Phi) is 5.37. The van der Waals surface area contributed by atoms with Crippen molar-refractivity contribution < 1.29 is 19.1 Å². The van der Waals surface area contributed by atoms with Gasteiger partial charge in [0.25, 0.3) is 5.91 Å². The first-order chi connectivity index (χ1) is 15.2. The number of benzene rings is 1. The summed E-state index contributed by atoms with van der Waals surface area (Å²) in [5.41, 5.74) is 0.751. The average Bonchev–Trinajstić information content (AvgIpc) is 3.25. The fourth-order valence-corrected chi connectivity index (χ4v) is 4.48. The van der Waals surface area contributed by atoms with Gasteiger partial charge in [-0.3, -0.25) is 14.0 Å². The van der Waals surface area contributed by atoms with Gasteiger partial charge < -0.3 is 19.3 Å². The van der Waals surface area contributed by atoms with Gasteiger partial charge in [-0.15, -0.1) is 10.2 Å². The molecule has 10 heteroatoms. The van der Waals surface area contributed by atoms with E-state index < -0.39 is 6.10 Å². The number of nitrogens with zero attached hydrogens (tertiary/aromatic N) is 5. The Morgan fingerprint density at radius 2 is 1.71 bits per heavy atom. The molecule has 2 amide bonds.